The molecule has 0 radical (unpaired) electrons. The van der Waals surface area contributed by atoms with Crippen molar-refractivity contribution in [1.29, 1.82) is 0 Å². The zero-order chi connectivity index (χ0) is 9.91. The number of ether oxygens (including phenoxy) is 1. The monoisotopic (exact) mass is 230 g/mol. The van der Waals surface area contributed by atoms with Crippen LogP contribution in [-0.2, 0) is 15.1 Å². The first kappa shape index (κ1) is 29.3. The first-order chi connectivity index (χ1) is 4.83. The fraction of sp³-hybridized carbons (Fsp3) is 0.600. The van der Waals surface area contributed by atoms with Gasteiger partial charge in [0.05, 0.1) is 0 Å². The summed E-state index contributed by atoms with van der Waals surface area (Å²) in [7, 11) is -1.92. The van der Waals surface area contributed by atoms with Crippen LogP contribution in [-0.4, -0.2) is 31.7 Å². The van der Waals surface area contributed by atoms with Gasteiger partial charge in [-0.3, -0.25) is 8.42 Å². The molecule has 13 heavy (non-hydrogen) atoms. The minimum absolute atomic E-state index is 0. The molecule has 70 valence electrons. The Labute approximate surface area is 124 Å². The largest absolute Gasteiger partial charge is 1.00 e. The van der Waals surface area contributed by atoms with E-state index in [1.807, 2.05) is 6.92 Å². The van der Waals surface area contributed by atoms with Crippen LogP contribution in [0.4, 0.5) is 0 Å². The quantitative estimate of drug-likeness (QED) is 0.179. The van der Waals surface area contributed by atoms with Crippen molar-refractivity contribution in [3.8, 4) is 0 Å². The van der Waals surface area contributed by atoms with Gasteiger partial charge in [0.2, 0.25) is 0 Å². The zero-order valence-electron chi connectivity index (χ0n) is 8.73. The van der Waals surface area contributed by atoms with Crippen LogP contribution in [0.5, 0.6) is 0 Å². The van der Waals surface area contributed by atoms with Crippen LogP contribution in [0.25, 0.3) is 0 Å². The first-order valence-corrected chi connectivity index (χ1v) is 3.80. The van der Waals surface area contributed by atoms with Crippen molar-refractivity contribution in [3.63, 3.8) is 0 Å². The van der Waals surface area contributed by atoms with Crippen molar-refractivity contribution >= 4 is 10.4 Å². The fourth-order valence-electron chi connectivity index (χ4n) is 0. The van der Waals surface area contributed by atoms with E-state index < -0.39 is 10.4 Å². The molecule has 8 heteroatoms. The third-order valence-corrected chi connectivity index (χ3v) is 0. The molecule has 0 bridgehead atoms. The van der Waals surface area contributed by atoms with Crippen LogP contribution in [0.3, 0.4) is 0 Å². The van der Waals surface area contributed by atoms with Crippen LogP contribution in [0, 0.1) is 0 Å². The molecule has 0 N–H and O–H groups in total. The maximum atomic E-state index is 8.52. The average molecular weight is 230 g/mol. The van der Waals surface area contributed by atoms with Gasteiger partial charge in [-0.15, -0.1) is 6.58 Å². The third kappa shape index (κ3) is 737. The summed E-state index contributed by atoms with van der Waals surface area (Å²) in [6.45, 7) is 5.25. The van der Waals surface area contributed by atoms with Crippen LogP contribution in [0.1, 0.15) is 6.92 Å². The molecule has 0 saturated carbocycles. The summed E-state index contributed by atoms with van der Waals surface area (Å²) < 4.78 is 38.3. The molecule has 0 atom stereocenters. The molecule has 0 aliphatic carbocycles. The van der Waals surface area contributed by atoms with E-state index >= 15 is 0 Å². The summed E-state index contributed by atoms with van der Waals surface area (Å²) in [4.78, 5) is 0. The molecule has 0 spiro atoms. The van der Waals surface area contributed by atoms with Crippen LogP contribution in [0.2, 0.25) is 0 Å². The Morgan fingerprint density at radius 2 is 1.23 bits per heavy atom. The smallest absolute Gasteiger partial charge is 0.759 e. The van der Waals surface area contributed by atoms with Crippen molar-refractivity contribution in [2.45, 2.75) is 6.92 Å². The van der Waals surface area contributed by atoms with Gasteiger partial charge in [0.25, 0.3) is 0 Å². The van der Waals surface area contributed by atoms with Gasteiger partial charge >= 0.3 is 59.1 Å². The molecule has 0 aromatic rings. The van der Waals surface area contributed by atoms with Crippen molar-refractivity contribution in [2.24, 2.45) is 0 Å². The first-order valence-electron chi connectivity index (χ1n) is 2.47. The van der Waals surface area contributed by atoms with E-state index in [-0.39, 0.29) is 59.1 Å². The Balaban J connectivity index is -0.0000000240. The van der Waals surface area contributed by atoms with Crippen molar-refractivity contribution in [2.75, 3.05) is 14.2 Å². The van der Waals surface area contributed by atoms with E-state index in [9.17, 15) is 0 Å². The molecule has 0 aromatic carbocycles. The number of hydrogen-bond acceptors (Lipinski definition) is 5. The normalized spacial score (nSPS) is 6.85. The minimum atomic E-state index is -5.17. The molecule has 0 amide bonds. The van der Waals surface area contributed by atoms with Crippen LogP contribution >= 0.6 is 0 Å². The molecule has 0 rings (SSSR count). The molecule has 0 aliphatic heterocycles. The predicted molar refractivity (Wildman–Crippen MR) is 39.3 cm³/mol. The molecular formula is C5H12Na2O5S. The Kier molecular flexibility index (Phi) is 52.8. The Bertz CT molecular complexity index is 148. The van der Waals surface area contributed by atoms with E-state index in [1.54, 1.807) is 20.3 Å². The standard InChI is InChI=1S/C3H6.C2H6O.2Na.H2O4S/c2*1-3-2;;;1-5(2,3)4/h3H,1H2,2H3;1-2H3;;;(H2,1,2,3,4)/q;;2*+1;/p-2. The van der Waals surface area contributed by atoms with Gasteiger partial charge in [-0.05, 0) is 6.92 Å². The SMILES string of the molecule is C=CC.COC.O=S(=O)([O-])[O-].[Na+].[Na+]. The molecule has 5 nitrogen and oxygen atoms in total. The van der Waals surface area contributed by atoms with Crippen molar-refractivity contribution < 1.29 is 81.4 Å². The summed E-state index contributed by atoms with van der Waals surface area (Å²) in [5.74, 6) is 0. The van der Waals surface area contributed by atoms with Gasteiger partial charge in [0.15, 0.2) is 0 Å². The Morgan fingerprint density at radius 1 is 1.23 bits per heavy atom. The Morgan fingerprint density at radius 3 is 1.23 bits per heavy atom. The number of allylic oxidation sites excluding steroid dienone is 1. The molecule has 0 aromatic heterocycles. The zero-order valence-corrected chi connectivity index (χ0v) is 13.6. The molecular weight excluding hydrogens is 218 g/mol. The van der Waals surface area contributed by atoms with Crippen LogP contribution < -0.4 is 59.1 Å². The van der Waals surface area contributed by atoms with Crippen molar-refractivity contribution in [1.82, 2.24) is 0 Å². The van der Waals surface area contributed by atoms with E-state index in [2.05, 4.69) is 11.3 Å². The topological polar surface area (TPSA) is 89.5 Å². The van der Waals surface area contributed by atoms with E-state index in [1.165, 1.54) is 0 Å². The summed E-state index contributed by atoms with van der Waals surface area (Å²) in [6.07, 6.45) is 1.75. The predicted octanol–water partition coefficient (Wildman–Crippen LogP) is -5.88. The second kappa shape index (κ2) is 23.4. The Hall–Kier alpha value is 1.57. The van der Waals surface area contributed by atoms with E-state index in [0.717, 1.165) is 0 Å². The summed E-state index contributed by atoms with van der Waals surface area (Å²) in [5.41, 5.74) is 0. The van der Waals surface area contributed by atoms with Gasteiger partial charge in [-0.25, -0.2) is 0 Å². The molecule has 0 heterocycles. The molecule has 0 saturated heterocycles. The number of methoxy groups -OCH3 is 1. The van der Waals surface area contributed by atoms with E-state index in [4.69, 9.17) is 17.5 Å². The average Bonchev–Trinajstić information content (AvgIpc) is 1.62. The van der Waals surface area contributed by atoms with Gasteiger partial charge in [-0.1, -0.05) is 6.08 Å². The second-order valence-corrected chi connectivity index (χ2v) is 2.04. The third-order valence-electron chi connectivity index (χ3n) is 0. The molecule has 0 unspecified atom stereocenters. The fourth-order valence-corrected chi connectivity index (χ4v) is 0. The number of hydrogen-bond donors (Lipinski definition) is 0. The van der Waals surface area contributed by atoms with Crippen LogP contribution in [0.15, 0.2) is 12.7 Å². The van der Waals surface area contributed by atoms with E-state index in [0.29, 0.717) is 0 Å². The summed E-state index contributed by atoms with van der Waals surface area (Å²) >= 11 is 0. The van der Waals surface area contributed by atoms with Gasteiger partial charge in [0.1, 0.15) is 0 Å². The summed E-state index contributed by atoms with van der Waals surface area (Å²) in [5, 5.41) is 0. The maximum Gasteiger partial charge on any atom is 1.00 e. The van der Waals surface area contributed by atoms with Crippen molar-refractivity contribution in [3.05, 3.63) is 12.7 Å². The van der Waals surface area contributed by atoms with Gasteiger partial charge in [-0.2, -0.15) is 0 Å². The van der Waals surface area contributed by atoms with Gasteiger partial charge < -0.3 is 13.8 Å². The minimum Gasteiger partial charge on any atom is -0.759 e. The molecule has 0 aliphatic rings. The number of rotatable bonds is 0. The second-order valence-electron chi connectivity index (χ2n) is 1.22. The maximum absolute atomic E-state index is 8.52. The summed E-state index contributed by atoms with van der Waals surface area (Å²) in [6, 6.07) is 0. The van der Waals surface area contributed by atoms with Gasteiger partial charge in [0, 0.05) is 24.6 Å². The molecule has 0 fully saturated rings.